The fourth-order valence-electron chi connectivity index (χ4n) is 9.25. The predicted octanol–water partition coefficient (Wildman–Crippen LogP) is 20.1. The Labute approximate surface area is 464 Å². The van der Waals surface area contributed by atoms with Crippen LogP contribution in [0.5, 0.6) is 0 Å². The van der Waals surface area contributed by atoms with E-state index in [0.29, 0.717) is 23.9 Å². The lowest BCUT2D eigenvalue weighted by Crippen LogP contribution is -2.37. The smallest absolute Gasteiger partial charge is 0.462 e. The van der Waals surface area contributed by atoms with Crippen LogP contribution in [-0.2, 0) is 32.7 Å². The van der Waals surface area contributed by atoms with Gasteiger partial charge in [0.15, 0.2) is 6.10 Å². The Morgan fingerprint density at radius 3 is 1.13 bits per heavy atom. The number of hydrogen-bond donors (Lipinski definition) is 1. The lowest BCUT2D eigenvalue weighted by atomic mass is 10.0. The number of carbonyl (C=O) groups excluding carboxylic acids is 2. The maximum atomic E-state index is 12.8. The summed E-state index contributed by atoms with van der Waals surface area (Å²) in [6.07, 6.45) is 72.0. The summed E-state index contributed by atoms with van der Waals surface area (Å²) in [5, 5.41) is 0. The molecule has 0 rings (SSSR count). The normalized spacial score (nSPS) is 13.5. The summed E-state index contributed by atoms with van der Waals surface area (Å²) in [7, 11) is 1.48. The van der Waals surface area contributed by atoms with E-state index in [1.807, 2.05) is 21.1 Å². The molecule has 0 spiro atoms. The summed E-state index contributed by atoms with van der Waals surface area (Å²) in [5.74, 6) is -0.788. The summed E-state index contributed by atoms with van der Waals surface area (Å²) in [5.41, 5.74) is 0. The maximum Gasteiger partial charge on any atom is 0.472 e. The van der Waals surface area contributed by atoms with Crippen LogP contribution in [0.2, 0.25) is 0 Å². The standard InChI is InChI=1S/C65H122NO8P/c1-6-8-10-12-14-16-18-20-22-24-26-28-30-31-32-33-34-36-37-39-41-43-45-47-49-51-53-55-57-64(67)71-61-63(62-73-75(69,70)72-60-59-66(3,4)5)74-65(68)58-56-54-52-50-48-46-44-42-40-38-35-29-27-25-23-21-19-17-15-13-11-9-7-2/h9,11,15,17,21,23,27,29,63H,6-8,10,12-14,16,18-20,22,24-26,28,30-62H2,1-5H3/p+1/b11-9-,17-15-,23-21-,29-27-. The van der Waals surface area contributed by atoms with Crippen LogP contribution < -0.4 is 0 Å². The number of carbonyl (C=O) groups is 2. The molecule has 0 aromatic rings. The van der Waals surface area contributed by atoms with E-state index in [0.717, 1.165) is 70.6 Å². The summed E-state index contributed by atoms with van der Waals surface area (Å²) < 4.78 is 34.7. The summed E-state index contributed by atoms with van der Waals surface area (Å²) in [6, 6.07) is 0. The molecule has 10 heteroatoms. The zero-order chi connectivity index (χ0) is 54.9. The van der Waals surface area contributed by atoms with Crippen molar-refractivity contribution in [1.82, 2.24) is 0 Å². The zero-order valence-electron chi connectivity index (χ0n) is 50.0. The van der Waals surface area contributed by atoms with Crippen LogP contribution in [0.1, 0.15) is 303 Å². The number of phosphoric acid groups is 1. The average molecular weight is 1080 g/mol. The minimum Gasteiger partial charge on any atom is -0.462 e. The highest BCUT2D eigenvalue weighted by Crippen LogP contribution is 2.43. The second kappa shape index (κ2) is 56.7. The van der Waals surface area contributed by atoms with Crippen LogP contribution in [-0.4, -0.2) is 74.9 Å². The number of allylic oxidation sites excluding steroid dienone is 8. The Bertz CT molecular complexity index is 1410. The Morgan fingerprint density at radius 1 is 0.427 bits per heavy atom. The van der Waals surface area contributed by atoms with Crippen molar-refractivity contribution in [2.75, 3.05) is 47.5 Å². The number of quaternary nitrogens is 1. The third kappa shape index (κ3) is 61.1. The molecule has 2 unspecified atom stereocenters. The van der Waals surface area contributed by atoms with Gasteiger partial charge in [0, 0.05) is 12.8 Å². The number of ether oxygens (including phenoxy) is 2. The Morgan fingerprint density at radius 2 is 0.760 bits per heavy atom. The largest absolute Gasteiger partial charge is 0.472 e. The molecule has 75 heavy (non-hydrogen) atoms. The molecule has 0 amide bonds. The van der Waals surface area contributed by atoms with Crippen molar-refractivity contribution in [2.45, 2.75) is 309 Å². The molecule has 1 N–H and O–H groups in total. The highest BCUT2D eigenvalue weighted by atomic mass is 31.2. The van der Waals surface area contributed by atoms with E-state index in [9.17, 15) is 19.0 Å². The third-order valence-electron chi connectivity index (χ3n) is 14.1. The van der Waals surface area contributed by atoms with Crippen molar-refractivity contribution in [3.05, 3.63) is 48.6 Å². The summed E-state index contributed by atoms with van der Waals surface area (Å²) >= 11 is 0. The van der Waals surface area contributed by atoms with E-state index in [2.05, 4.69) is 62.5 Å². The van der Waals surface area contributed by atoms with Crippen LogP contribution in [0.25, 0.3) is 0 Å². The van der Waals surface area contributed by atoms with E-state index < -0.39 is 26.5 Å². The first-order valence-corrected chi connectivity index (χ1v) is 33.4. The van der Waals surface area contributed by atoms with E-state index >= 15 is 0 Å². The molecular formula is C65H123NO8P+. The molecule has 440 valence electrons. The molecule has 0 aliphatic rings. The van der Waals surface area contributed by atoms with Crippen molar-refractivity contribution in [3.63, 3.8) is 0 Å². The van der Waals surface area contributed by atoms with Gasteiger partial charge in [-0.2, -0.15) is 0 Å². The quantitative estimate of drug-likeness (QED) is 0.0211. The van der Waals surface area contributed by atoms with Gasteiger partial charge >= 0.3 is 19.8 Å². The summed E-state index contributed by atoms with van der Waals surface area (Å²) in [4.78, 5) is 35.8. The van der Waals surface area contributed by atoms with Crippen LogP contribution in [0.15, 0.2) is 48.6 Å². The number of nitrogens with zero attached hydrogens (tertiary/aromatic N) is 1. The monoisotopic (exact) mass is 1080 g/mol. The molecule has 0 aromatic heterocycles. The van der Waals surface area contributed by atoms with E-state index in [-0.39, 0.29) is 25.6 Å². The minimum atomic E-state index is -4.39. The number of rotatable bonds is 59. The fraction of sp³-hybridized carbons (Fsp3) is 0.846. The SMILES string of the molecule is CC/C=C\C/C=C\C/C=C\C/C=C\CCCCCCCCCCCCC(=O)OC(COC(=O)CCCCCCCCCCCCCCCCCCCCCCCCCCCCCC)COP(=O)(O)OCC[N+](C)(C)C. The third-order valence-corrected chi connectivity index (χ3v) is 15.1. The fourth-order valence-corrected chi connectivity index (χ4v) is 9.99. The van der Waals surface area contributed by atoms with Crippen molar-refractivity contribution >= 4 is 19.8 Å². The van der Waals surface area contributed by atoms with E-state index in [4.69, 9.17) is 18.5 Å². The molecular weight excluding hydrogens is 954 g/mol. The lowest BCUT2D eigenvalue weighted by molar-refractivity contribution is -0.870. The molecule has 0 saturated heterocycles. The maximum absolute atomic E-state index is 12.8. The highest BCUT2D eigenvalue weighted by molar-refractivity contribution is 7.47. The van der Waals surface area contributed by atoms with Gasteiger partial charge in [0.05, 0.1) is 27.7 Å². The molecule has 0 bridgehead atoms. The zero-order valence-corrected chi connectivity index (χ0v) is 50.9. The topological polar surface area (TPSA) is 108 Å². The van der Waals surface area contributed by atoms with Gasteiger partial charge in [-0.3, -0.25) is 18.6 Å². The molecule has 9 nitrogen and oxygen atoms in total. The van der Waals surface area contributed by atoms with Crippen LogP contribution in [0, 0.1) is 0 Å². The number of likely N-dealkylation sites (N-methyl/N-ethyl adjacent to an activating group) is 1. The average Bonchev–Trinajstić information content (AvgIpc) is 3.37. The second-order valence-corrected chi connectivity index (χ2v) is 24.2. The van der Waals surface area contributed by atoms with Crippen molar-refractivity contribution in [2.24, 2.45) is 0 Å². The number of hydrogen-bond acceptors (Lipinski definition) is 7. The number of phosphoric ester groups is 1. The molecule has 0 radical (unpaired) electrons. The van der Waals surface area contributed by atoms with E-state index in [1.54, 1.807) is 0 Å². The molecule has 0 heterocycles. The lowest BCUT2D eigenvalue weighted by Gasteiger charge is -2.24. The Kier molecular flexibility index (Phi) is 55.1. The Balaban J connectivity index is 4.06. The minimum absolute atomic E-state index is 0.0314. The molecule has 0 aliphatic carbocycles. The molecule has 0 aromatic carbocycles. The van der Waals surface area contributed by atoms with Crippen molar-refractivity contribution in [1.29, 1.82) is 0 Å². The van der Waals surface area contributed by atoms with Crippen molar-refractivity contribution < 1.29 is 42.1 Å². The first-order chi connectivity index (χ1) is 36.5. The van der Waals surface area contributed by atoms with Crippen LogP contribution in [0.4, 0.5) is 0 Å². The van der Waals surface area contributed by atoms with Gasteiger partial charge in [-0.15, -0.1) is 0 Å². The molecule has 2 atom stereocenters. The molecule has 0 aliphatic heterocycles. The van der Waals surface area contributed by atoms with Gasteiger partial charge < -0.3 is 18.9 Å². The number of esters is 2. The van der Waals surface area contributed by atoms with E-state index in [1.165, 1.54) is 199 Å². The second-order valence-electron chi connectivity index (χ2n) is 22.8. The van der Waals surface area contributed by atoms with Crippen LogP contribution in [0.3, 0.4) is 0 Å². The molecule has 0 saturated carbocycles. The van der Waals surface area contributed by atoms with Gasteiger partial charge in [0.25, 0.3) is 0 Å². The van der Waals surface area contributed by atoms with Crippen LogP contribution >= 0.6 is 7.82 Å². The highest BCUT2D eigenvalue weighted by Gasteiger charge is 2.27. The van der Waals surface area contributed by atoms with Gasteiger partial charge in [0.2, 0.25) is 0 Å². The van der Waals surface area contributed by atoms with Crippen molar-refractivity contribution in [3.8, 4) is 0 Å². The van der Waals surface area contributed by atoms with Gasteiger partial charge in [-0.25, -0.2) is 4.57 Å². The van der Waals surface area contributed by atoms with Gasteiger partial charge in [-0.05, 0) is 51.4 Å². The van der Waals surface area contributed by atoms with Gasteiger partial charge in [-0.1, -0.05) is 287 Å². The van der Waals surface area contributed by atoms with Gasteiger partial charge in [0.1, 0.15) is 19.8 Å². The summed E-state index contributed by atoms with van der Waals surface area (Å²) in [6.45, 7) is 4.37. The number of unbranched alkanes of at least 4 members (excludes halogenated alkanes) is 37. The first-order valence-electron chi connectivity index (χ1n) is 31.9. The molecule has 0 fully saturated rings. The first kappa shape index (κ1) is 73.0. The Hall–Kier alpha value is -2.03. The predicted molar refractivity (Wildman–Crippen MR) is 321 cm³/mol.